The van der Waals surface area contributed by atoms with Gasteiger partial charge in [0.25, 0.3) is 0 Å². The summed E-state index contributed by atoms with van der Waals surface area (Å²) in [4.78, 5) is 60.2. The Balaban J connectivity index is 4.30. The lowest BCUT2D eigenvalue weighted by molar-refractivity contribution is 0.145. The second-order valence-corrected chi connectivity index (χ2v) is 8.07. The van der Waals surface area contributed by atoms with Crippen LogP contribution in [-0.4, -0.2) is 81.2 Å². The molecule has 0 aromatic heterocycles. The third-order valence-corrected chi connectivity index (χ3v) is 4.91. The summed E-state index contributed by atoms with van der Waals surface area (Å²) < 4.78 is 14.4. The van der Waals surface area contributed by atoms with Crippen LogP contribution in [0.5, 0.6) is 0 Å². The van der Waals surface area contributed by atoms with E-state index in [-0.39, 0.29) is 13.2 Å². The van der Waals surface area contributed by atoms with Crippen LogP contribution in [0.3, 0.4) is 0 Å². The largest absolute Gasteiger partial charge is 0.450 e. The number of ether oxygens (including phenoxy) is 3. The summed E-state index contributed by atoms with van der Waals surface area (Å²) in [7, 11) is 0. The van der Waals surface area contributed by atoms with Gasteiger partial charge in [-0.15, -0.1) is 0 Å². The minimum absolute atomic E-state index is 0.0978. The maximum absolute atomic E-state index is 12.6. The summed E-state index contributed by atoms with van der Waals surface area (Å²) in [5, 5.41) is 10.1. The van der Waals surface area contributed by atoms with Crippen molar-refractivity contribution < 1.29 is 38.2 Å². The van der Waals surface area contributed by atoms with Gasteiger partial charge in [0.15, 0.2) is 0 Å². The molecule has 0 aliphatic carbocycles. The third-order valence-electron chi connectivity index (χ3n) is 4.91. The first-order chi connectivity index (χ1) is 17.8. The highest BCUT2D eigenvalue weighted by Crippen LogP contribution is 2.04. The van der Waals surface area contributed by atoms with Crippen molar-refractivity contribution in [3.63, 3.8) is 0 Å². The smallest absolute Gasteiger partial charge is 0.415 e. The van der Waals surface area contributed by atoms with E-state index in [2.05, 4.69) is 21.3 Å². The number of hydrogen-bond acceptors (Lipinski definition) is 8. The summed E-state index contributed by atoms with van der Waals surface area (Å²) in [6.45, 7) is 7.57. The molecule has 0 saturated heterocycles. The maximum atomic E-state index is 12.6. The van der Waals surface area contributed by atoms with Gasteiger partial charge in [-0.25, -0.2) is 34.2 Å². The molecule has 0 unspecified atom stereocenters. The second-order valence-electron chi connectivity index (χ2n) is 8.07. The predicted molar refractivity (Wildman–Crippen MR) is 137 cm³/mol. The van der Waals surface area contributed by atoms with E-state index in [1.807, 2.05) is 6.92 Å². The molecule has 0 aliphatic heterocycles. The van der Waals surface area contributed by atoms with Crippen LogP contribution in [0.1, 0.15) is 78.6 Å². The molecule has 7 amide bonds. The van der Waals surface area contributed by atoms with Gasteiger partial charge in [-0.05, 0) is 46.0 Å². The molecule has 0 fully saturated rings. The summed E-state index contributed by atoms with van der Waals surface area (Å²) in [5.74, 6) is 0. The Hall–Kier alpha value is -3.25. The zero-order valence-corrected chi connectivity index (χ0v) is 22.5. The highest BCUT2D eigenvalue weighted by Gasteiger charge is 2.23. The Morgan fingerprint density at radius 2 is 1.05 bits per heavy atom. The molecule has 0 spiro atoms. The average molecular weight is 532 g/mol. The quantitative estimate of drug-likeness (QED) is 0.153. The van der Waals surface area contributed by atoms with Crippen LogP contribution in [0, 0.1) is 0 Å². The van der Waals surface area contributed by atoms with Crippen LogP contribution in [0.2, 0.25) is 0 Å². The number of nitrogens with zero attached hydrogens (tertiary/aromatic N) is 1. The van der Waals surface area contributed by atoms with Crippen molar-refractivity contribution >= 4 is 30.3 Å². The lowest BCUT2D eigenvalue weighted by Gasteiger charge is -2.21. The van der Waals surface area contributed by atoms with Gasteiger partial charge in [-0.2, -0.15) is 0 Å². The van der Waals surface area contributed by atoms with Crippen molar-refractivity contribution in [2.45, 2.75) is 78.6 Å². The number of carbonyl (C=O) groups is 5. The van der Waals surface area contributed by atoms with Gasteiger partial charge >= 0.3 is 30.3 Å². The summed E-state index contributed by atoms with van der Waals surface area (Å²) >= 11 is 0. The number of carbonyl (C=O) groups excluding carboxylic acids is 5. The molecule has 13 heteroatoms. The number of alkyl carbamates (subject to hydrolysis) is 3. The van der Waals surface area contributed by atoms with E-state index >= 15 is 0 Å². The predicted octanol–water partition coefficient (Wildman–Crippen LogP) is 3.87. The van der Waals surface area contributed by atoms with Crippen molar-refractivity contribution in [1.29, 1.82) is 0 Å². The molecular weight excluding hydrogens is 486 g/mol. The van der Waals surface area contributed by atoms with Gasteiger partial charge in [0.05, 0.1) is 19.8 Å². The summed E-state index contributed by atoms with van der Waals surface area (Å²) in [6, 6.07) is -1.44. The van der Waals surface area contributed by atoms with E-state index in [9.17, 15) is 24.0 Å². The van der Waals surface area contributed by atoms with Gasteiger partial charge in [0, 0.05) is 26.2 Å². The fraction of sp³-hybridized carbons (Fsp3) is 0.792. The van der Waals surface area contributed by atoms with Crippen LogP contribution in [0.15, 0.2) is 0 Å². The molecule has 0 aromatic carbocycles. The number of urea groups is 2. The van der Waals surface area contributed by atoms with Crippen molar-refractivity contribution in [3.05, 3.63) is 0 Å². The first-order valence-electron chi connectivity index (χ1n) is 13.2. The van der Waals surface area contributed by atoms with E-state index in [1.165, 1.54) is 0 Å². The molecule has 214 valence electrons. The van der Waals surface area contributed by atoms with Gasteiger partial charge in [0.1, 0.15) is 0 Å². The molecule has 0 radical (unpaired) electrons. The Labute approximate surface area is 219 Å². The molecule has 37 heavy (non-hydrogen) atoms. The molecule has 0 atom stereocenters. The maximum Gasteiger partial charge on any atom is 0.415 e. The monoisotopic (exact) mass is 531 g/mol. The zero-order valence-electron chi connectivity index (χ0n) is 22.5. The number of imide groups is 2. The Morgan fingerprint density at radius 3 is 1.59 bits per heavy atom. The fourth-order valence-corrected chi connectivity index (χ4v) is 3.07. The van der Waals surface area contributed by atoms with E-state index < -0.39 is 30.3 Å². The van der Waals surface area contributed by atoms with Gasteiger partial charge < -0.3 is 30.2 Å². The standard InChI is InChI=1S/C24H45N5O8/c1-4-19-37-23(33)27-17-12-8-7-11-15-25-20(30)29(21(31)28-24(34)36-6-3)18-14-10-9-13-16-26-22(32)35-5-2/h4-19H2,1-3H3,(H,25,30)(H,26,32)(H,27,33)(H,28,31,34). The van der Waals surface area contributed by atoms with Gasteiger partial charge in [0.2, 0.25) is 0 Å². The lowest BCUT2D eigenvalue weighted by atomic mass is 10.2. The van der Waals surface area contributed by atoms with Gasteiger partial charge in [-0.3, -0.25) is 0 Å². The molecule has 0 heterocycles. The minimum atomic E-state index is -0.914. The number of rotatable bonds is 18. The summed E-state index contributed by atoms with van der Waals surface area (Å²) in [6.07, 6.45) is 4.96. The first kappa shape index (κ1) is 33.8. The van der Waals surface area contributed by atoms with Crippen LogP contribution >= 0.6 is 0 Å². The third kappa shape index (κ3) is 19.6. The molecular formula is C24H45N5O8. The molecule has 0 aromatic rings. The van der Waals surface area contributed by atoms with Crippen molar-refractivity contribution in [2.24, 2.45) is 0 Å². The Kier molecular flexibility index (Phi) is 21.1. The van der Waals surface area contributed by atoms with Crippen LogP contribution in [0.25, 0.3) is 0 Å². The number of amides is 7. The molecule has 0 aliphatic rings. The lowest BCUT2D eigenvalue weighted by Crippen LogP contribution is -2.50. The van der Waals surface area contributed by atoms with Crippen molar-refractivity contribution in [2.75, 3.05) is 46.0 Å². The average Bonchev–Trinajstić information content (AvgIpc) is 2.85. The van der Waals surface area contributed by atoms with E-state index in [0.29, 0.717) is 45.7 Å². The second kappa shape index (κ2) is 23.2. The summed E-state index contributed by atoms with van der Waals surface area (Å²) in [5.41, 5.74) is 0. The first-order valence-corrected chi connectivity index (χ1v) is 13.2. The van der Waals surface area contributed by atoms with Crippen molar-refractivity contribution in [1.82, 2.24) is 26.2 Å². The van der Waals surface area contributed by atoms with Gasteiger partial charge in [-0.1, -0.05) is 32.6 Å². The topological polar surface area (TPSA) is 164 Å². The number of unbranched alkanes of at least 4 members (excludes halogenated alkanes) is 6. The highest BCUT2D eigenvalue weighted by atomic mass is 16.6. The van der Waals surface area contributed by atoms with Crippen LogP contribution in [0.4, 0.5) is 24.0 Å². The minimum Gasteiger partial charge on any atom is -0.450 e. The normalized spacial score (nSPS) is 10.1. The SMILES string of the molecule is CCCOC(=O)NCCCCCCNC(=O)N(CCCCCCNC(=O)OCC)C(=O)NC(=O)OCC. The molecule has 4 N–H and O–H groups in total. The van der Waals surface area contributed by atoms with Crippen molar-refractivity contribution in [3.8, 4) is 0 Å². The van der Waals surface area contributed by atoms with E-state index in [1.54, 1.807) is 13.8 Å². The van der Waals surface area contributed by atoms with E-state index in [4.69, 9.17) is 14.2 Å². The Bertz CT molecular complexity index is 678. The highest BCUT2D eigenvalue weighted by molar-refractivity contribution is 5.99. The molecule has 0 rings (SSSR count). The molecule has 0 bridgehead atoms. The van der Waals surface area contributed by atoms with Crippen LogP contribution in [-0.2, 0) is 14.2 Å². The number of hydrogen-bond donors (Lipinski definition) is 4. The fourth-order valence-electron chi connectivity index (χ4n) is 3.07. The molecule has 13 nitrogen and oxygen atoms in total. The molecule has 0 saturated carbocycles. The van der Waals surface area contributed by atoms with E-state index in [0.717, 1.165) is 49.8 Å². The zero-order chi connectivity index (χ0) is 27.7. The Morgan fingerprint density at radius 1 is 0.568 bits per heavy atom. The number of nitrogens with one attached hydrogen (secondary N) is 4. The van der Waals surface area contributed by atoms with Crippen LogP contribution < -0.4 is 21.3 Å².